The highest BCUT2D eigenvalue weighted by molar-refractivity contribution is 5.98. The van der Waals surface area contributed by atoms with E-state index in [2.05, 4.69) is 21.6 Å². The number of fused-ring (bicyclic) bond motifs is 2. The first-order chi connectivity index (χ1) is 17.6. The lowest BCUT2D eigenvalue weighted by Gasteiger charge is -2.36. The second kappa shape index (κ2) is 9.39. The number of rotatable bonds is 4. The van der Waals surface area contributed by atoms with Gasteiger partial charge in [0.2, 0.25) is 5.91 Å². The number of hydrogen-bond acceptors (Lipinski definition) is 6. The van der Waals surface area contributed by atoms with E-state index in [4.69, 9.17) is 4.74 Å². The summed E-state index contributed by atoms with van der Waals surface area (Å²) in [6, 6.07) is 11.3. The van der Waals surface area contributed by atoms with Crippen LogP contribution in [0.5, 0.6) is 5.75 Å². The lowest BCUT2D eigenvalue weighted by molar-refractivity contribution is -0.134. The van der Waals surface area contributed by atoms with Gasteiger partial charge < -0.3 is 19.9 Å². The fraction of sp³-hybridized carbons (Fsp3) is 0.407. The minimum atomic E-state index is -0.214. The zero-order valence-electron chi connectivity index (χ0n) is 20.1. The monoisotopic (exact) mass is 487 g/mol. The third kappa shape index (κ3) is 4.13. The molecule has 9 nitrogen and oxygen atoms in total. The van der Waals surface area contributed by atoms with Crippen molar-refractivity contribution in [3.8, 4) is 5.75 Å². The highest BCUT2D eigenvalue weighted by Crippen LogP contribution is 2.33. The number of piperazine rings is 1. The number of benzene rings is 2. The van der Waals surface area contributed by atoms with Crippen molar-refractivity contribution < 1.29 is 14.3 Å². The van der Waals surface area contributed by atoms with Gasteiger partial charge in [0.1, 0.15) is 5.75 Å². The fourth-order valence-electron chi connectivity index (χ4n) is 5.55. The summed E-state index contributed by atoms with van der Waals surface area (Å²) in [5.74, 6) is 0.739. The molecule has 2 fully saturated rings. The number of nitrogens with zero attached hydrogens (tertiary/aromatic N) is 3. The Morgan fingerprint density at radius 1 is 1.06 bits per heavy atom. The summed E-state index contributed by atoms with van der Waals surface area (Å²) in [5, 5.41) is 11.6. The predicted octanol–water partition coefficient (Wildman–Crippen LogP) is 1.49. The Morgan fingerprint density at radius 3 is 2.61 bits per heavy atom. The van der Waals surface area contributed by atoms with Crippen LogP contribution in [0, 0.1) is 0 Å². The van der Waals surface area contributed by atoms with Gasteiger partial charge in [-0.2, -0.15) is 5.10 Å². The molecule has 1 unspecified atom stereocenters. The molecule has 2 aromatic carbocycles. The number of nitrogens with one attached hydrogen (secondary N) is 2. The molecule has 0 bridgehead atoms. The topological polar surface area (TPSA) is 108 Å². The van der Waals surface area contributed by atoms with Crippen molar-refractivity contribution in [3.63, 3.8) is 0 Å². The summed E-state index contributed by atoms with van der Waals surface area (Å²) in [6.07, 6.45) is 3.15. The highest BCUT2D eigenvalue weighted by atomic mass is 16.5. The van der Waals surface area contributed by atoms with E-state index in [-0.39, 0.29) is 23.4 Å². The standard InChI is InChI=1S/C27H29N5O4/c33-25-20-5-2-1-4-19(20)23(29-30-25)16-17-14-18-7-13-36-24(18)21(15-17)26(34)31-9-11-32(12-10-31)27(35)22-6-3-8-28-22/h1-2,4-5,14-15,22,28H,3,6-13,16H2,(H,30,33). The Kier molecular flexibility index (Phi) is 5.92. The molecule has 0 spiro atoms. The number of hydrogen-bond donors (Lipinski definition) is 2. The molecule has 4 heterocycles. The Morgan fingerprint density at radius 2 is 1.83 bits per heavy atom. The van der Waals surface area contributed by atoms with E-state index in [1.807, 2.05) is 34.1 Å². The lowest BCUT2D eigenvalue weighted by Crippen LogP contribution is -2.54. The first kappa shape index (κ1) is 22.7. The molecule has 2 amide bonds. The van der Waals surface area contributed by atoms with Crippen molar-refractivity contribution in [1.29, 1.82) is 0 Å². The Hall–Kier alpha value is -3.72. The van der Waals surface area contributed by atoms with Gasteiger partial charge in [-0.05, 0) is 42.6 Å². The van der Waals surface area contributed by atoms with Crippen LogP contribution in [0.25, 0.3) is 10.8 Å². The van der Waals surface area contributed by atoms with E-state index in [1.165, 1.54) is 0 Å². The van der Waals surface area contributed by atoms with Crippen LogP contribution in [0.1, 0.15) is 40.0 Å². The molecule has 1 atom stereocenters. The maximum Gasteiger partial charge on any atom is 0.272 e. The molecule has 6 rings (SSSR count). The molecule has 36 heavy (non-hydrogen) atoms. The normalized spacial score (nSPS) is 19.4. The number of carbonyl (C=O) groups is 2. The molecule has 3 aliphatic rings. The quantitative estimate of drug-likeness (QED) is 0.577. The zero-order chi connectivity index (χ0) is 24.6. The van der Waals surface area contributed by atoms with Crippen LogP contribution in [0.2, 0.25) is 0 Å². The molecule has 2 N–H and O–H groups in total. The average Bonchev–Trinajstić information content (AvgIpc) is 3.62. The van der Waals surface area contributed by atoms with E-state index in [0.29, 0.717) is 55.9 Å². The van der Waals surface area contributed by atoms with Gasteiger partial charge in [0, 0.05) is 44.4 Å². The van der Waals surface area contributed by atoms with Crippen LogP contribution in [0.3, 0.4) is 0 Å². The van der Waals surface area contributed by atoms with Crippen LogP contribution < -0.4 is 15.6 Å². The van der Waals surface area contributed by atoms with E-state index < -0.39 is 0 Å². The number of amides is 2. The predicted molar refractivity (Wildman–Crippen MR) is 134 cm³/mol. The molecule has 9 heteroatoms. The van der Waals surface area contributed by atoms with E-state index in [0.717, 1.165) is 48.0 Å². The maximum atomic E-state index is 13.6. The molecule has 0 saturated carbocycles. The lowest BCUT2D eigenvalue weighted by atomic mass is 9.98. The first-order valence-electron chi connectivity index (χ1n) is 12.6. The summed E-state index contributed by atoms with van der Waals surface area (Å²) in [5.41, 5.74) is 3.08. The third-order valence-corrected chi connectivity index (χ3v) is 7.46. The molecule has 186 valence electrons. The maximum absolute atomic E-state index is 13.6. The number of H-pyrrole nitrogens is 1. The minimum Gasteiger partial charge on any atom is -0.492 e. The molecule has 0 radical (unpaired) electrons. The number of aromatic amines is 1. The zero-order valence-corrected chi connectivity index (χ0v) is 20.1. The minimum absolute atomic E-state index is 0.0691. The Bertz CT molecular complexity index is 1390. The van der Waals surface area contributed by atoms with Crippen molar-refractivity contribution in [1.82, 2.24) is 25.3 Å². The molecular weight excluding hydrogens is 458 g/mol. The first-order valence-corrected chi connectivity index (χ1v) is 12.6. The molecule has 3 aromatic rings. The molecule has 0 aliphatic carbocycles. The van der Waals surface area contributed by atoms with Gasteiger partial charge in [0.05, 0.1) is 29.3 Å². The summed E-state index contributed by atoms with van der Waals surface area (Å²) in [4.78, 5) is 42.2. The summed E-state index contributed by atoms with van der Waals surface area (Å²) in [7, 11) is 0. The average molecular weight is 488 g/mol. The van der Waals surface area contributed by atoms with Crippen LogP contribution in [0.15, 0.2) is 41.2 Å². The van der Waals surface area contributed by atoms with Crippen LogP contribution >= 0.6 is 0 Å². The van der Waals surface area contributed by atoms with Gasteiger partial charge in [-0.15, -0.1) is 0 Å². The van der Waals surface area contributed by atoms with Crippen molar-refractivity contribution in [2.45, 2.75) is 31.7 Å². The molecule has 2 saturated heterocycles. The Balaban J connectivity index is 1.23. The van der Waals surface area contributed by atoms with E-state index in [9.17, 15) is 14.4 Å². The van der Waals surface area contributed by atoms with E-state index in [1.54, 1.807) is 6.07 Å². The van der Waals surface area contributed by atoms with Crippen LogP contribution in [-0.4, -0.2) is 77.2 Å². The van der Waals surface area contributed by atoms with Gasteiger partial charge in [0.25, 0.3) is 11.5 Å². The van der Waals surface area contributed by atoms with Gasteiger partial charge in [-0.3, -0.25) is 14.4 Å². The van der Waals surface area contributed by atoms with Gasteiger partial charge in [0.15, 0.2) is 0 Å². The largest absolute Gasteiger partial charge is 0.492 e. The molecule has 1 aromatic heterocycles. The number of carbonyl (C=O) groups excluding carboxylic acids is 2. The summed E-state index contributed by atoms with van der Waals surface area (Å²) < 4.78 is 5.88. The fourth-order valence-corrected chi connectivity index (χ4v) is 5.55. The van der Waals surface area contributed by atoms with Gasteiger partial charge >= 0.3 is 0 Å². The van der Waals surface area contributed by atoms with Gasteiger partial charge in [-0.25, -0.2) is 5.10 Å². The van der Waals surface area contributed by atoms with Crippen molar-refractivity contribution in [2.75, 3.05) is 39.3 Å². The smallest absolute Gasteiger partial charge is 0.272 e. The Labute approximate surface area is 208 Å². The second-order valence-electron chi connectivity index (χ2n) is 9.72. The van der Waals surface area contributed by atoms with Crippen molar-refractivity contribution in [2.24, 2.45) is 0 Å². The van der Waals surface area contributed by atoms with Crippen LogP contribution in [0.4, 0.5) is 0 Å². The second-order valence-corrected chi connectivity index (χ2v) is 9.72. The summed E-state index contributed by atoms with van der Waals surface area (Å²) >= 11 is 0. The van der Waals surface area contributed by atoms with Crippen LogP contribution in [-0.2, 0) is 17.6 Å². The molecule has 3 aliphatic heterocycles. The number of ether oxygens (including phenoxy) is 1. The van der Waals surface area contributed by atoms with Crippen molar-refractivity contribution in [3.05, 3.63) is 69.1 Å². The number of aromatic nitrogens is 2. The summed E-state index contributed by atoms with van der Waals surface area (Å²) in [6.45, 7) is 3.53. The van der Waals surface area contributed by atoms with Crippen molar-refractivity contribution >= 4 is 22.6 Å². The SMILES string of the molecule is O=C(c1cc(Cc2n[nH]c(=O)c3ccccc23)cc2c1OCC2)N1CCN(C(=O)C2CCCN2)CC1. The van der Waals surface area contributed by atoms with E-state index >= 15 is 0 Å². The molecular formula is C27H29N5O4. The highest BCUT2D eigenvalue weighted by Gasteiger charge is 2.32. The van der Waals surface area contributed by atoms with Gasteiger partial charge in [-0.1, -0.05) is 24.3 Å². The third-order valence-electron chi connectivity index (χ3n) is 7.46.